The second-order valence-corrected chi connectivity index (χ2v) is 6.57. The third-order valence-electron chi connectivity index (χ3n) is 5.03. The molecule has 4 rings (SSSR count). The molecule has 0 N–H and O–H groups in total. The summed E-state index contributed by atoms with van der Waals surface area (Å²) in [6.07, 6.45) is 7.65. The van der Waals surface area contributed by atoms with Gasteiger partial charge in [-0.25, -0.2) is 0 Å². The quantitative estimate of drug-likeness (QED) is 0.743. The monoisotopic (exact) mass is 303 g/mol. The molecule has 2 fully saturated rings. The molecular weight excluding hydrogens is 286 g/mol. The number of nitrogens with zero attached hydrogens (tertiary/aromatic N) is 1. The number of rotatable bonds is 1. The van der Waals surface area contributed by atoms with Crippen molar-refractivity contribution in [2.75, 3.05) is 6.61 Å². The fraction of sp³-hybridized carbons (Fsp3) is 0.471. The van der Waals surface area contributed by atoms with Crippen LogP contribution in [0.1, 0.15) is 31.2 Å². The second-order valence-electron chi connectivity index (χ2n) is 6.14. The molecule has 1 aromatic carbocycles. The van der Waals surface area contributed by atoms with Crippen molar-refractivity contribution >= 4 is 17.5 Å². The van der Waals surface area contributed by atoms with Gasteiger partial charge in [-0.1, -0.05) is 35.9 Å². The van der Waals surface area contributed by atoms with Crippen molar-refractivity contribution in [3.8, 4) is 0 Å². The third kappa shape index (κ3) is 1.95. The number of benzene rings is 1. The summed E-state index contributed by atoms with van der Waals surface area (Å²) < 4.78 is 6.28. The lowest BCUT2D eigenvalue weighted by Crippen LogP contribution is -2.59. The topological polar surface area (TPSA) is 29.5 Å². The molecule has 0 aromatic heterocycles. The zero-order valence-electron chi connectivity index (χ0n) is 11.8. The Hall–Kier alpha value is -1.32. The molecule has 110 valence electrons. The predicted molar refractivity (Wildman–Crippen MR) is 80.8 cm³/mol. The molecule has 3 aliphatic rings. The zero-order valence-corrected chi connectivity index (χ0v) is 12.6. The van der Waals surface area contributed by atoms with E-state index in [1.54, 1.807) is 0 Å². The van der Waals surface area contributed by atoms with E-state index in [-0.39, 0.29) is 11.9 Å². The fourth-order valence-corrected chi connectivity index (χ4v) is 4.11. The van der Waals surface area contributed by atoms with Crippen molar-refractivity contribution < 1.29 is 9.53 Å². The minimum atomic E-state index is -0.575. The van der Waals surface area contributed by atoms with Gasteiger partial charge in [0.05, 0.1) is 6.61 Å². The van der Waals surface area contributed by atoms with Gasteiger partial charge in [-0.2, -0.15) is 0 Å². The van der Waals surface area contributed by atoms with Crippen molar-refractivity contribution in [1.29, 1.82) is 0 Å². The highest BCUT2D eigenvalue weighted by Gasteiger charge is 2.55. The van der Waals surface area contributed by atoms with Gasteiger partial charge < -0.3 is 9.64 Å². The van der Waals surface area contributed by atoms with E-state index in [0.717, 1.165) is 31.4 Å². The first kappa shape index (κ1) is 13.4. The Morgan fingerprint density at radius 2 is 1.95 bits per heavy atom. The Kier molecular flexibility index (Phi) is 3.09. The zero-order chi connectivity index (χ0) is 14.4. The average Bonchev–Trinajstić information content (AvgIpc) is 2.87. The number of carbonyl (C=O) groups excluding carboxylic acids is 1. The summed E-state index contributed by atoms with van der Waals surface area (Å²) in [5.74, 6) is 0.646. The molecular formula is C17H18ClNO2. The lowest BCUT2D eigenvalue weighted by molar-refractivity contribution is -0.216. The number of halogens is 1. The van der Waals surface area contributed by atoms with E-state index >= 15 is 0 Å². The van der Waals surface area contributed by atoms with E-state index in [0.29, 0.717) is 17.4 Å². The van der Waals surface area contributed by atoms with Gasteiger partial charge in [0.1, 0.15) is 0 Å². The van der Waals surface area contributed by atoms with Crippen LogP contribution in [0.2, 0.25) is 5.02 Å². The first-order valence-electron chi connectivity index (χ1n) is 7.58. The Morgan fingerprint density at radius 3 is 2.76 bits per heavy atom. The first-order chi connectivity index (χ1) is 10.2. The molecule has 1 aliphatic carbocycles. The van der Waals surface area contributed by atoms with Crippen molar-refractivity contribution in [2.24, 2.45) is 5.92 Å². The van der Waals surface area contributed by atoms with Crippen LogP contribution >= 0.6 is 11.6 Å². The van der Waals surface area contributed by atoms with E-state index in [9.17, 15) is 4.79 Å². The van der Waals surface area contributed by atoms with E-state index in [4.69, 9.17) is 16.3 Å². The number of hydrogen-bond acceptors (Lipinski definition) is 2. The van der Waals surface area contributed by atoms with Gasteiger partial charge in [-0.15, -0.1) is 0 Å². The summed E-state index contributed by atoms with van der Waals surface area (Å²) >= 11 is 6.00. The van der Waals surface area contributed by atoms with E-state index in [1.807, 2.05) is 29.2 Å². The smallest absolute Gasteiger partial charge is 0.225 e. The standard InChI is InChI=1S/C17H18ClNO2/c18-14-7-5-13(6-8-14)17-10-9-16(20)19(17)15-4-2-1-3-12(15)11-21-17/h1-2,5-8,12,15H,3-4,9-11H2/t12-,15+,17-/m1/s1. The van der Waals surface area contributed by atoms with E-state index < -0.39 is 5.72 Å². The van der Waals surface area contributed by atoms with Gasteiger partial charge in [0.15, 0.2) is 5.72 Å². The molecule has 1 aromatic rings. The summed E-state index contributed by atoms with van der Waals surface area (Å²) in [6.45, 7) is 0.724. The molecule has 2 aliphatic heterocycles. The maximum atomic E-state index is 12.5. The number of carbonyl (C=O) groups is 1. The Labute approximate surface area is 129 Å². The molecule has 21 heavy (non-hydrogen) atoms. The van der Waals surface area contributed by atoms with E-state index in [2.05, 4.69) is 12.2 Å². The number of amides is 1. The molecule has 0 radical (unpaired) electrons. The van der Waals surface area contributed by atoms with Crippen molar-refractivity contribution in [2.45, 2.75) is 37.5 Å². The fourth-order valence-electron chi connectivity index (χ4n) is 3.99. The van der Waals surface area contributed by atoms with Crippen LogP contribution in [0, 0.1) is 5.92 Å². The van der Waals surface area contributed by atoms with Crippen LogP contribution in [-0.2, 0) is 15.3 Å². The summed E-state index contributed by atoms with van der Waals surface area (Å²) in [5.41, 5.74) is 0.472. The van der Waals surface area contributed by atoms with Gasteiger partial charge in [-0.05, 0) is 25.0 Å². The number of hydrogen-bond donors (Lipinski definition) is 0. The minimum Gasteiger partial charge on any atom is -0.351 e. The van der Waals surface area contributed by atoms with Crippen LogP contribution in [0.4, 0.5) is 0 Å². The third-order valence-corrected chi connectivity index (χ3v) is 5.28. The highest BCUT2D eigenvalue weighted by atomic mass is 35.5. The SMILES string of the molecule is O=C1CC[C@]2(c3ccc(Cl)cc3)OC[C@H]3CC=CC[C@@H]3N12. The van der Waals surface area contributed by atoms with Crippen LogP contribution in [0.15, 0.2) is 36.4 Å². The first-order valence-corrected chi connectivity index (χ1v) is 7.96. The van der Waals surface area contributed by atoms with Crippen molar-refractivity contribution in [1.82, 2.24) is 4.90 Å². The Balaban J connectivity index is 1.78. The van der Waals surface area contributed by atoms with Gasteiger partial charge in [0, 0.05) is 35.4 Å². The lowest BCUT2D eigenvalue weighted by Gasteiger charge is -2.51. The summed E-state index contributed by atoms with van der Waals surface area (Å²) in [4.78, 5) is 14.5. The summed E-state index contributed by atoms with van der Waals surface area (Å²) in [7, 11) is 0. The molecule has 3 nitrogen and oxygen atoms in total. The summed E-state index contributed by atoms with van der Waals surface area (Å²) in [6, 6.07) is 8.01. The van der Waals surface area contributed by atoms with Gasteiger partial charge in [0.25, 0.3) is 0 Å². The molecule has 3 atom stereocenters. The highest BCUT2D eigenvalue weighted by Crippen LogP contribution is 2.48. The van der Waals surface area contributed by atoms with E-state index in [1.165, 1.54) is 0 Å². The second kappa shape index (κ2) is 4.85. The largest absolute Gasteiger partial charge is 0.351 e. The maximum absolute atomic E-state index is 12.5. The van der Waals surface area contributed by atoms with Gasteiger partial charge in [0.2, 0.25) is 5.91 Å². The Bertz CT molecular complexity index is 597. The molecule has 0 spiro atoms. The highest BCUT2D eigenvalue weighted by molar-refractivity contribution is 6.30. The molecule has 0 unspecified atom stereocenters. The maximum Gasteiger partial charge on any atom is 0.225 e. The number of ether oxygens (including phenoxy) is 1. The van der Waals surface area contributed by atoms with Crippen LogP contribution in [0.3, 0.4) is 0 Å². The van der Waals surface area contributed by atoms with Crippen LogP contribution < -0.4 is 0 Å². The molecule has 1 amide bonds. The van der Waals surface area contributed by atoms with Crippen molar-refractivity contribution in [3.63, 3.8) is 0 Å². The predicted octanol–water partition coefficient (Wildman–Crippen LogP) is 3.48. The van der Waals surface area contributed by atoms with Gasteiger partial charge in [-0.3, -0.25) is 4.79 Å². The average molecular weight is 304 g/mol. The van der Waals surface area contributed by atoms with Crippen LogP contribution in [0.5, 0.6) is 0 Å². The number of fused-ring (bicyclic) bond motifs is 3. The number of allylic oxidation sites excluding steroid dienone is 1. The molecule has 4 heteroatoms. The molecule has 0 bridgehead atoms. The molecule has 2 heterocycles. The Morgan fingerprint density at radius 1 is 1.19 bits per heavy atom. The van der Waals surface area contributed by atoms with Crippen molar-refractivity contribution in [3.05, 3.63) is 47.0 Å². The molecule has 2 saturated heterocycles. The van der Waals surface area contributed by atoms with Gasteiger partial charge >= 0.3 is 0 Å². The normalized spacial score (nSPS) is 34.7. The lowest BCUT2D eigenvalue weighted by atomic mass is 9.84. The molecule has 0 saturated carbocycles. The van der Waals surface area contributed by atoms with Crippen LogP contribution in [-0.4, -0.2) is 23.5 Å². The summed E-state index contributed by atoms with van der Waals surface area (Å²) in [5, 5.41) is 0.709. The minimum absolute atomic E-state index is 0.218. The van der Waals surface area contributed by atoms with Crippen LogP contribution in [0.25, 0.3) is 0 Å².